The molecule has 0 aromatic carbocycles. The van der Waals surface area contributed by atoms with Crippen molar-refractivity contribution in [3.05, 3.63) is 24.0 Å². The summed E-state index contributed by atoms with van der Waals surface area (Å²) in [5.41, 5.74) is 7.47. The van der Waals surface area contributed by atoms with Gasteiger partial charge in [-0.15, -0.1) is 0 Å². The van der Waals surface area contributed by atoms with E-state index in [1.165, 1.54) is 0 Å². The molecule has 4 heteroatoms. The van der Waals surface area contributed by atoms with Gasteiger partial charge in [0.05, 0.1) is 11.9 Å². The molecule has 0 aliphatic carbocycles. The standard InChI is InChI=1S/C16H28N4/c1-12(2)6-9-20(10-7-13(3)4)15-11-19-8-5-14(15)16(17)18/h5,8,11-13H,6-7,9-10H2,1-4H3,(H3,17,18). The summed E-state index contributed by atoms with van der Waals surface area (Å²) in [5, 5.41) is 7.73. The molecule has 0 unspecified atom stereocenters. The molecular weight excluding hydrogens is 248 g/mol. The van der Waals surface area contributed by atoms with Crippen LogP contribution in [0.3, 0.4) is 0 Å². The van der Waals surface area contributed by atoms with Crippen LogP contribution in [0.4, 0.5) is 5.69 Å². The van der Waals surface area contributed by atoms with Crippen LogP contribution in [-0.2, 0) is 0 Å². The molecule has 1 heterocycles. The van der Waals surface area contributed by atoms with Crippen molar-refractivity contribution in [1.82, 2.24) is 4.98 Å². The SMILES string of the molecule is CC(C)CCN(CCC(C)C)c1cnccc1C(=N)N. The first-order chi connectivity index (χ1) is 9.41. The highest BCUT2D eigenvalue weighted by Crippen LogP contribution is 2.21. The van der Waals surface area contributed by atoms with E-state index >= 15 is 0 Å². The molecule has 0 aliphatic heterocycles. The number of nitrogens with two attached hydrogens (primary N) is 1. The van der Waals surface area contributed by atoms with E-state index in [2.05, 4.69) is 37.6 Å². The monoisotopic (exact) mass is 276 g/mol. The Morgan fingerprint density at radius 3 is 2.20 bits per heavy atom. The second-order valence-electron chi connectivity index (χ2n) is 6.16. The molecule has 1 aromatic heterocycles. The van der Waals surface area contributed by atoms with E-state index in [4.69, 9.17) is 11.1 Å². The van der Waals surface area contributed by atoms with Gasteiger partial charge in [0.2, 0.25) is 0 Å². The van der Waals surface area contributed by atoms with Crippen molar-refractivity contribution in [1.29, 1.82) is 5.41 Å². The first kappa shape index (κ1) is 16.5. The molecule has 20 heavy (non-hydrogen) atoms. The number of aromatic nitrogens is 1. The third-order valence-corrected chi connectivity index (χ3v) is 3.38. The first-order valence-electron chi connectivity index (χ1n) is 7.45. The van der Waals surface area contributed by atoms with Crippen LogP contribution in [0.15, 0.2) is 18.5 Å². The Labute approximate surface area is 122 Å². The number of hydrogen-bond donors (Lipinski definition) is 2. The van der Waals surface area contributed by atoms with E-state index in [9.17, 15) is 0 Å². The van der Waals surface area contributed by atoms with Crippen molar-refractivity contribution >= 4 is 11.5 Å². The van der Waals surface area contributed by atoms with E-state index in [-0.39, 0.29) is 5.84 Å². The molecule has 3 N–H and O–H groups in total. The van der Waals surface area contributed by atoms with Gasteiger partial charge in [0, 0.05) is 24.8 Å². The summed E-state index contributed by atoms with van der Waals surface area (Å²) >= 11 is 0. The maximum absolute atomic E-state index is 7.73. The number of rotatable bonds is 8. The van der Waals surface area contributed by atoms with Gasteiger partial charge in [0.1, 0.15) is 5.84 Å². The fourth-order valence-electron chi connectivity index (χ4n) is 2.05. The van der Waals surface area contributed by atoms with Crippen molar-refractivity contribution < 1.29 is 0 Å². The molecule has 0 radical (unpaired) electrons. The molecule has 0 amide bonds. The molecule has 0 fully saturated rings. The summed E-state index contributed by atoms with van der Waals surface area (Å²) in [6, 6.07) is 1.83. The maximum Gasteiger partial charge on any atom is 0.125 e. The Kier molecular flexibility index (Phi) is 6.49. The molecule has 0 spiro atoms. The summed E-state index contributed by atoms with van der Waals surface area (Å²) in [6.45, 7) is 10.9. The van der Waals surface area contributed by atoms with Gasteiger partial charge in [-0.25, -0.2) is 0 Å². The van der Waals surface area contributed by atoms with Gasteiger partial charge in [-0.1, -0.05) is 27.7 Å². The zero-order valence-corrected chi connectivity index (χ0v) is 13.2. The van der Waals surface area contributed by atoms with Gasteiger partial charge in [0.25, 0.3) is 0 Å². The molecule has 1 rings (SSSR count). The fraction of sp³-hybridized carbons (Fsp3) is 0.625. The predicted octanol–water partition coefficient (Wildman–Crippen LogP) is 3.26. The first-order valence-corrected chi connectivity index (χ1v) is 7.45. The molecule has 112 valence electrons. The summed E-state index contributed by atoms with van der Waals surface area (Å²) < 4.78 is 0. The zero-order chi connectivity index (χ0) is 15.1. The van der Waals surface area contributed by atoms with Crippen LogP contribution in [0.25, 0.3) is 0 Å². The molecule has 0 atom stereocenters. The Bertz CT molecular complexity index is 414. The lowest BCUT2D eigenvalue weighted by molar-refractivity contribution is 0.535. The Hall–Kier alpha value is -1.58. The fourth-order valence-corrected chi connectivity index (χ4v) is 2.05. The molecule has 0 saturated heterocycles. The second-order valence-corrected chi connectivity index (χ2v) is 6.16. The van der Waals surface area contributed by atoms with Crippen LogP contribution in [0, 0.1) is 17.2 Å². The third kappa shape index (κ3) is 5.19. The Morgan fingerprint density at radius 2 is 1.75 bits per heavy atom. The molecule has 0 bridgehead atoms. The van der Waals surface area contributed by atoms with Gasteiger partial charge in [-0.2, -0.15) is 0 Å². The minimum absolute atomic E-state index is 0.112. The third-order valence-electron chi connectivity index (χ3n) is 3.38. The lowest BCUT2D eigenvalue weighted by atomic mass is 10.1. The molecule has 4 nitrogen and oxygen atoms in total. The lowest BCUT2D eigenvalue weighted by Crippen LogP contribution is -2.30. The molecular formula is C16H28N4. The predicted molar refractivity (Wildman–Crippen MR) is 86.4 cm³/mol. The number of pyridine rings is 1. The van der Waals surface area contributed by atoms with Crippen LogP contribution in [0.5, 0.6) is 0 Å². The van der Waals surface area contributed by atoms with Crippen LogP contribution < -0.4 is 10.6 Å². The molecule has 0 aliphatic rings. The lowest BCUT2D eigenvalue weighted by Gasteiger charge is -2.28. The minimum Gasteiger partial charge on any atom is -0.384 e. The summed E-state index contributed by atoms with van der Waals surface area (Å²) in [7, 11) is 0. The highest BCUT2D eigenvalue weighted by Gasteiger charge is 2.14. The van der Waals surface area contributed by atoms with Crippen LogP contribution in [0.1, 0.15) is 46.1 Å². The van der Waals surface area contributed by atoms with Gasteiger partial charge in [-0.05, 0) is 30.7 Å². The van der Waals surface area contributed by atoms with E-state index < -0.39 is 0 Å². The van der Waals surface area contributed by atoms with Crippen molar-refractivity contribution in [2.45, 2.75) is 40.5 Å². The topological polar surface area (TPSA) is 66.0 Å². The minimum atomic E-state index is 0.112. The number of anilines is 1. The average Bonchev–Trinajstić information content (AvgIpc) is 2.38. The Morgan fingerprint density at radius 1 is 1.20 bits per heavy atom. The van der Waals surface area contributed by atoms with Crippen molar-refractivity contribution in [2.75, 3.05) is 18.0 Å². The van der Waals surface area contributed by atoms with Gasteiger partial charge in [-0.3, -0.25) is 10.4 Å². The zero-order valence-electron chi connectivity index (χ0n) is 13.2. The van der Waals surface area contributed by atoms with E-state index in [1.807, 2.05) is 12.3 Å². The number of nitrogens with zero attached hydrogens (tertiary/aromatic N) is 2. The van der Waals surface area contributed by atoms with Crippen LogP contribution in [0.2, 0.25) is 0 Å². The number of amidine groups is 1. The van der Waals surface area contributed by atoms with Crippen molar-refractivity contribution in [3.8, 4) is 0 Å². The summed E-state index contributed by atoms with van der Waals surface area (Å²) in [4.78, 5) is 6.53. The van der Waals surface area contributed by atoms with E-state index in [0.717, 1.165) is 37.2 Å². The average molecular weight is 276 g/mol. The van der Waals surface area contributed by atoms with E-state index in [0.29, 0.717) is 11.8 Å². The Balaban J connectivity index is 2.93. The summed E-state index contributed by atoms with van der Waals surface area (Å²) in [5.74, 6) is 1.43. The largest absolute Gasteiger partial charge is 0.384 e. The van der Waals surface area contributed by atoms with Gasteiger partial charge >= 0.3 is 0 Å². The van der Waals surface area contributed by atoms with Crippen LogP contribution >= 0.6 is 0 Å². The highest BCUT2D eigenvalue weighted by atomic mass is 15.1. The van der Waals surface area contributed by atoms with Crippen LogP contribution in [-0.4, -0.2) is 23.9 Å². The maximum atomic E-state index is 7.73. The molecule has 1 aromatic rings. The van der Waals surface area contributed by atoms with Crippen molar-refractivity contribution in [3.63, 3.8) is 0 Å². The summed E-state index contributed by atoms with van der Waals surface area (Å²) in [6.07, 6.45) is 5.79. The van der Waals surface area contributed by atoms with Gasteiger partial charge < -0.3 is 10.6 Å². The smallest absolute Gasteiger partial charge is 0.125 e. The second kappa shape index (κ2) is 7.88. The van der Waals surface area contributed by atoms with Crippen molar-refractivity contribution in [2.24, 2.45) is 17.6 Å². The number of nitrogens with one attached hydrogen (secondary N) is 1. The quantitative estimate of drug-likeness (QED) is 0.565. The number of nitrogen functional groups attached to an aromatic ring is 1. The number of hydrogen-bond acceptors (Lipinski definition) is 3. The van der Waals surface area contributed by atoms with Gasteiger partial charge in [0.15, 0.2) is 0 Å². The highest BCUT2D eigenvalue weighted by molar-refractivity contribution is 6.00. The molecule has 0 saturated carbocycles. The normalized spacial score (nSPS) is 11.1. The van der Waals surface area contributed by atoms with E-state index in [1.54, 1.807) is 6.20 Å².